The summed E-state index contributed by atoms with van der Waals surface area (Å²) in [6.07, 6.45) is 2.48. The fourth-order valence-electron chi connectivity index (χ4n) is 2.41. The fraction of sp³-hybridized carbons (Fsp3) is 0.412. The van der Waals surface area contributed by atoms with Gasteiger partial charge in [-0.15, -0.1) is 11.3 Å². The SMILES string of the molecule is CC(CNC(=O)c1ccnc(OC2CCOC2)c1)c1cccs1. The lowest BCUT2D eigenvalue weighted by Gasteiger charge is -2.13. The van der Waals surface area contributed by atoms with Crippen molar-refractivity contribution in [2.45, 2.75) is 25.4 Å². The molecule has 0 aliphatic carbocycles. The van der Waals surface area contributed by atoms with Crippen molar-refractivity contribution in [1.29, 1.82) is 0 Å². The number of ether oxygens (including phenoxy) is 2. The second-order valence-electron chi connectivity index (χ2n) is 5.61. The van der Waals surface area contributed by atoms with Gasteiger partial charge in [0.15, 0.2) is 0 Å². The molecule has 1 aliphatic heterocycles. The Morgan fingerprint density at radius 2 is 2.48 bits per heavy atom. The van der Waals surface area contributed by atoms with Crippen molar-refractivity contribution in [3.05, 3.63) is 46.3 Å². The van der Waals surface area contributed by atoms with E-state index in [-0.39, 0.29) is 12.0 Å². The number of pyridine rings is 1. The fourth-order valence-corrected chi connectivity index (χ4v) is 3.20. The van der Waals surface area contributed by atoms with Crippen LogP contribution in [0.4, 0.5) is 0 Å². The van der Waals surface area contributed by atoms with Gasteiger partial charge in [-0.1, -0.05) is 13.0 Å². The van der Waals surface area contributed by atoms with Crippen LogP contribution in [-0.2, 0) is 4.74 Å². The van der Waals surface area contributed by atoms with Gasteiger partial charge in [0.05, 0.1) is 13.2 Å². The smallest absolute Gasteiger partial charge is 0.251 e. The van der Waals surface area contributed by atoms with Crippen LogP contribution in [0.2, 0.25) is 0 Å². The van der Waals surface area contributed by atoms with Crippen molar-refractivity contribution in [3.63, 3.8) is 0 Å². The van der Waals surface area contributed by atoms with Crippen molar-refractivity contribution in [2.75, 3.05) is 19.8 Å². The number of hydrogen-bond donors (Lipinski definition) is 1. The first-order chi connectivity index (χ1) is 11.2. The van der Waals surface area contributed by atoms with E-state index in [0.717, 1.165) is 6.42 Å². The highest BCUT2D eigenvalue weighted by Crippen LogP contribution is 2.20. The summed E-state index contributed by atoms with van der Waals surface area (Å²) >= 11 is 1.71. The Hall–Kier alpha value is -1.92. The van der Waals surface area contributed by atoms with Crippen molar-refractivity contribution in [2.24, 2.45) is 0 Å². The van der Waals surface area contributed by atoms with Gasteiger partial charge in [0, 0.05) is 41.6 Å². The molecule has 3 heterocycles. The largest absolute Gasteiger partial charge is 0.472 e. The second kappa shape index (κ2) is 7.57. The van der Waals surface area contributed by atoms with E-state index in [1.54, 1.807) is 29.7 Å². The minimum absolute atomic E-state index is 0.0275. The first-order valence-corrected chi connectivity index (χ1v) is 8.62. The molecule has 0 saturated carbocycles. The standard InChI is InChI=1S/C17H20N2O3S/c1-12(15-3-2-8-23-15)10-19-17(20)13-4-6-18-16(9-13)22-14-5-7-21-11-14/h2-4,6,8-9,12,14H,5,7,10-11H2,1H3,(H,19,20). The van der Waals surface area contributed by atoms with E-state index >= 15 is 0 Å². The van der Waals surface area contributed by atoms with Crippen LogP contribution in [0.5, 0.6) is 5.88 Å². The molecule has 23 heavy (non-hydrogen) atoms. The minimum atomic E-state index is -0.108. The van der Waals surface area contributed by atoms with E-state index in [0.29, 0.717) is 37.1 Å². The maximum Gasteiger partial charge on any atom is 0.251 e. The van der Waals surface area contributed by atoms with Gasteiger partial charge in [-0.3, -0.25) is 4.79 Å². The molecular weight excluding hydrogens is 312 g/mol. The molecule has 5 nitrogen and oxygen atoms in total. The molecule has 0 bridgehead atoms. The van der Waals surface area contributed by atoms with Crippen LogP contribution in [-0.4, -0.2) is 36.8 Å². The van der Waals surface area contributed by atoms with Crippen LogP contribution in [0.3, 0.4) is 0 Å². The molecule has 0 spiro atoms. The Bertz CT molecular complexity index is 639. The van der Waals surface area contributed by atoms with Gasteiger partial charge in [0.2, 0.25) is 5.88 Å². The number of nitrogens with zero attached hydrogens (tertiary/aromatic N) is 1. The van der Waals surface area contributed by atoms with Gasteiger partial charge >= 0.3 is 0 Å². The van der Waals surface area contributed by atoms with E-state index in [4.69, 9.17) is 9.47 Å². The van der Waals surface area contributed by atoms with Crippen LogP contribution in [0.25, 0.3) is 0 Å². The minimum Gasteiger partial charge on any atom is -0.472 e. The zero-order chi connectivity index (χ0) is 16.1. The lowest BCUT2D eigenvalue weighted by atomic mass is 10.1. The van der Waals surface area contributed by atoms with Crippen molar-refractivity contribution >= 4 is 17.2 Å². The molecular formula is C17H20N2O3S. The van der Waals surface area contributed by atoms with Crippen LogP contribution in [0.1, 0.15) is 34.5 Å². The van der Waals surface area contributed by atoms with Gasteiger partial charge in [-0.25, -0.2) is 4.98 Å². The highest BCUT2D eigenvalue weighted by atomic mass is 32.1. The number of amides is 1. The quantitative estimate of drug-likeness (QED) is 0.884. The van der Waals surface area contributed by atoms with Crippen LogP contribution >= 0.6 is 11.3 Å². The molecule has 1 saturated heterocycles. The summed E-state index contributed by atoms with van der Waals surface area (Å²) in [5.41, 5.74) is 0.562. The molecule has 2 atom stereocenters. The average Bonchev–Trinajstić information content (AvgIpc) is 3.26. The van der Waals surface area contributed by atoms with Gasteiger partial charge in [-0.05, 0) is 17.5 Å². The lowest BCUT2D eigenvalue weighted by molar-refractivity contribution is 0.0950. The number of rotatable bonds is 6. The Kier molecular flexibility index (Phi) is 5.25. The topological polar surface area (TPSA) is 60.5 Å². The Labute approximate surface area is 139 Å². The second-order valence-corrected chi connectivity index (χ2v) is 6.59. The van der Waals surface area contributed by atoms with E-state index in [2.05, 4.69) is 23.3 Å². The molecule has 0 aromatic carbocycles. The zero-order valence-corrected chi connectivity index (χ0v) is 13.8. The molecule has 1 fully saturated rings. The number of carbonyl (C=O) groups is 1. The summed E-state index contributed by atoms with van der Waals surface area (Å²) in [6.45, 7) is 4.00. The molecule has 1 N–H and O–H groups in total. The summed E-state index contributed by atoms with van der Waals surface area (Å²) in [5, 5.41) is 5.02. The molecule has 0 radical (unpaired) electrons. The van der Waals surface area contributed by atoms with E-state index < -0.39 is 0 Å². The van der Waals surface area contributed by atoms with E-state index in [9.17, 15) is 4.79 Å². The number of aromatic nitrogens is 1. The Balaban J connectivity index is 1.56. The van der Waals surface area contributed by atoms with Gasteiger partial charge in [-0.2, -0.15) is 0 Å². The third-order valence-electron chi connectivity index (χ3n) is 3.77. The van der Waals surface area contributed by atoms with Gasteiger partial charge in [0.1, 0.15) is 6.10 Å². The summed E-state index contributed by atoms with van der Waals surface area (Å²) in [5.74, 6) is 0.662. The van der Waals surface area contributed by atoms with Crippen molar-refractivity contribution in [3.8, 4) is 5.88 Å². The molecule has 1 amide bonds. The monoisotopic (exact) mass is 332 g/mol. The summed E-state index contributed by atoms with van der Waals surface area (Å²) in [4.78, 5) is 17.7. The van der Waals surface area contributed by atoms with Crippen LogP contribution in [0, 0.1) is 0 Å². The maximum absolute atomic E-state index is 12.3. The van der Waals surface area contributed by atoms with Crippen LogP contribution in [0.15, 0.2) is 35.8 Å². The van der Waals surface area contributed by atoms with Gasteiger partial charge in [0.25, 0.3) is 5.91 Å². The molecule has 2 aromatic heterocycles. The van der Waals surface area contributed by atoms with Crippen molar-refractivity contribution < 1.29 is 14.3 Å². The Morgan fingerprint density at radius 1 is 1.57 bits per heavy atom. The number of hydrogen-bond acceptors (Lipinski definition) is 5. The number of thiophene rings is 1. The highest BCUT2D eigenvalue weighted by Gasteiger charge is 2.18. The summed E-state index contributed by atoms with van der Waals surface area (Å²) in [7, 11) is 0. The average molecular weight is 332 g/mol. The predicted molar refractivity (Wildman–Crippen MR) is 89.2 cm³/mol. The first-order valence-electron chi connectivity index (χ1n) is 7.74. The molecule has 1 aliphatic rings. The third-order valence-corrected chi connectivity index (χ3v) is 4.87. The van der Waals surface area contributed by atoms with E-state index in [1.807, 2.05) is 11.4 Å². The molecule has 6 heteroatoms. The lowest BCUT2D eigenvalue weighted by Crippen LogP contribution is -2.27. The van der Waals surface area contributed by atoms with E-state index in [1.165, 1.54) is 4.88 Å². The first kappa shape index (κ1) is 16.0. The normalized spacial score (nSPS) is 18.6. The predicted octanol–water partition coefficient (Wildman–Crippen LogP) is 2.84. The molecule has 2 unspecified atom stereocenters. The van der Waals surface area contributed by atoms with Crippen molar-refractivity contribution in [1.82, 2.24) is 10.3 Å². The third kappa shape index (κ3) is 4.30. The molecule has 3 rings (SSSR count). The zero-order valence-electron chi connectivity index (χ0n) is 13.0. The van der Waals surface area contributed by atoms with Gasteiger partial charge < -0.3 is 14.8 Å². The summed E-state index contributed by atoms with van der Waals surface area (Å²) < 4.78 is 11.0. The number of nitrogens with one attached hydrogen (secondary N) is 1. The maximum atomic E-state index is 12.3. The highest BCUT2D eigenvalue weighted by molar-refractivity contribution is 7.10. The summed E-state index contributed by atoms with van der Waals surface area (Å²) in [6, 6.07) is 7.49. The number of carbonyl (C=O) groups excluding carboxylic acids is 1. The van der Waals surface area contributed by atoms with Crippen LogP contribution < -0.4 is 10.1 Å². The molecule has 122 valence electrons. The molecule has 2 aromatic rings. The Morgan fingerprint density at radius 3 is 3.22 bits per heavy atom.